The second-order valence-electron chi connectivity index (χ2n) is 5.15. The van der Waals surface area contributed by atoms with E-state index in [1.165, 1.54) is 11.0 Å². The number of nitrogens with zero attached hydrogens (tertiary/aromatic N) is 4. The maximum absolute atomic E-state index is 11.7. The van der Waals surface area contributed by atoms with E-state index >= 15 is 0 Å². The highest BCUT2D eigenvalue weighted by Crippen LogP contribution is 2.36. The molecule has 2 N–H and O–H groups in total. The van der Waals surface area contributed by atoms with E-state index in [2.05, 4.69) is 17.1 Å². The average molecular weight is 260 g/mol. The van der Waals surface area contributed by atoms with Gasteiger partial charge in [0, 0.05) is 0 Å². The highest BCUT2D eigenvalue weighted by molar-refractivity contribution is 5.92. The molecule has 2 rings (SSSR count). The minimum absolute atomic E-state index is 0.0771. The van der Waals surface area contributed by atoms with Crippen molar-refractivity contribution in [1.82, 2.24) is 15.0 Å². The first-order valence-electron chi connectivity index (χ1n) is 6.56. The minimum atomic E-state index is -0.427. The first kappa shape index (κ1) is 13.5. The lowest BCUT2D eigenvalue weighted by atomic mass is 9.75. The standard InChI is InChI=1S/C13H18N5O/c1-9-2-4-10(5-3-9)12(13(15)19)11-8-16-18(17-11)7-6-14/h8-10H,2-5,7H2,1H3,(H2,15,19). The van der Waals surface area contributed by atoms with Crippen LogP contribution in [0.15, 0.2) is 6.20 Å². The zero-order valence-corrected chi connectivity index (χ0v) is 11.0. The fourth-order valence-electron chi connectivity index (χ4n) is 2.65. The molecule has 6 nitrogen and oxygen atoms in total. The maximum atomic E-state index is 11.7. The van der Waals surface area contributed by atoms with Crippen molar-refractivity contribution >= 4 is 5.91 Å². The summed E-state index contributed by atoms with van der Waals surface area (Å²) in [6.45, 7) is 2.30. The summed E-state index contributed by atoms with van der Waals surface area (Å²) in [4.78, 5) is 13.0. The van der Waals surface area contributed by atoms with Crippen LogP contribution in [0.2, 0.25) is 0 Å². The SMILES string of the molecule is CC1CCC([C](C(N)=O)c2cnn(CC#N)n2)CC1. The number of carbonyl (C=O) groups is 1. The van der Waals surface area contributed by atoms with Gasteiger partial charge in [-0.3, -0.25) is 4.79 Å². The Balaban J connectivity index is 2.15. The number of amides is 1. The van der Waals surface area contributed by atoms with E-state index in [4.69, 9.17) is 11.0 Å². The summed E-state index contributed by atoms with van der Waals surface area (Å²) in [6.07, 6.45) is 5.66. The summed E-state index contributed by atoms with van der Waals surface area (Å²) in [5, 5.41) is 16.7. The van der Waals surface area contributed by atoms with E-state index in [0.29, 0.717) is 17.5 Å². The molecule has 0 spiro atoms. The normalized spacial score (nSPS) is 23.2. The molecule has 19 heavy (non-hydrogen) atoms. The first-order valence-corrected chi connectivity index (χ1v) is 6.56. The van der Waals surface area contributed by atoms with Crippen molar-refractivity contribution in [3.05, 3.63) is 17.8 Å². The van der Waals surface area contributed by atoms with Gasteiger partial charge in [-0.15, -0.1) is 0 Å². The van der Waals surface area contributed by atoms with Crippen molar-refractivity contribution < 1.29 is 4.79 Å². The predicted octanol–water partition coefficient (Wildman–Crippen LogP) is 1.04. The van der Waals surface area contributed by atoms with Crippen molar-refractivity contribution in [2.45, 2.75) is 39.2 Å². The van der Waals surface area contributed by atoms with E-state index in [-0.39, 0.29) is 12.5 Å². The zero-order valence-electron chi connectivity index (χ0n) is 11.0. The number of hydrogen-bond donors (Lipinski definition) is 1. The number of rotatable bonds is 4. The van der Waals surface area contributed by atoms with E-state index in [9.17, 15) is 4.79 Å². The van der Waals surface area contributed by atoms with Crippen LogP contribution in [-0.2, 0) is 11.3 Å². The highest BCUT2D eigenvalue weighted by atomic mass is 16.1. The van der Waals surface area contributed by atoms with Gasteiger partial charge in [0.05, 0.1) is 12.3 Å². The largest absolute Gasteiger partial charge is 0.369 e. The Morgan fingerprint density at radius 3 is 2.79 bits per heavy atom. The Bertz CT molecular complexity index is 481. The first-order chi connectivity index (χ1) is 9.11. The number of primary amides is 1. The molecule has 0 saturated heterocycles. The van der Waals surface area contributed by atoms with Gasteiger partial charge >= 0.3 is 0 Å². The molecule has 1 heterocycles. The summed E-state index contributed by atoms with van der Waals surface area (Å²) in [5.74, 6) is 1.01. The van der Waals surface area contributed by atoms with E-state index < -0.39 is 5.91 Å². The van der Waals surface area contributed by atoms with Gasteiger partial charge in [0.2, 0.25) is 5.91 Å². The second-order valence-corrected chi connectivity index (χ2v) is 5.15. The van der Waals surface area contributed by atoms with Crippen LogP contribution in [0, 0.1) is 29.1 Å². The molecule has 1 fully saturated rings. The number of hydrogen-bond acceptors (Lipinski definition) is 4. The third-order valence-corrected chi connectivity index (χ3v) is 3.71. The molecule has 101 valence electrons. The van der Waals surface area contributed by atoms with Crippen LogP contribution in [0.5, 0.6) is 0 Å². The topological polar surface area (TPSA) is 97.6 Å². The zero-order chi connectivity index (χ0) is 13.8. The van der Waals surface area contributed by atoms with Crippen molar-refractivity contribution in [2.75, 3.05) is 0 Å². The number of nitriles is 1. The summed E-state index contributed by atoms with van der Waals surface area (Å²) in [7, 11) is 0. The highest BCUT2D eigenvalue weighted by Gasteiger charge is 2.33. The maximum Gasteiger partial charge on any atom is 0.231 e. The number of aromatic nitrogens is 3. The molecular formula is C13H18N5O. The van der Waals surface area contributed by atoms with Gasteiger partial charge in [0.15, 0.2) is 0 Å². The van der Waals surface area contributed by atoms with Crippen LogP contribution in [0.4, 0.5) is 0 Å². The van der Waals surface area contributed by atoms with Crippen LogP contribution in [-0.4, -0.2) is 20.9 Å². The van der Waals surface area contributed by atoms with Gasteiger partial charge in [-0.25, -0.2) is 0 Å². The Kier molecular flexibility index (Phi) is 4.15. The lowest BCUT2D eigenvalue weighted by Gasteiger charge is -2.29. The number of carbonyl (C=O) groups excluding carboxylic acids is 1. The van der Waals surface area contributed by atoms with Crippen molar-refractivity contribution in [1.29, 1.82) is 5.26 Å². The summed E-state index contributed by atoms with van der Waals surface area (Å²) in [6, 6.07) is 1.96. The Morgan fingerprint density at radius 2 is 2.21 bits per heavy atom. The van der Waals surface area contributed by atoms with Gasteiger partial charge in [-0.05, 0) is 24.7 Å². The molecule has 1 aromatic rings. The van der Waals surface area contributed by atoms with Crippen molar-refractivity contribution in [2.24, 2.45) is 17.6 Å². The van der Waals surface area contributed by atoms with Gasteiger partial charge in [0.25, 0.3) is 0 Å². The molecule has 0 atom stereocenters. The fourth-order valence-corrected chi connectivity index (χ4v) is 2.65. The number of nitrogens with two attached hydrogens (primary N) is 1. The lowest BCUT2D eigenvalue weighted by Crippen LogP contribution is -2.31. The molecule has 0 unspecified atom stereocenters. The van der Waals surface area contributed by atoms with Crippen LogP contribution in [0.25, 0.3) is 0 Å². The molecule has 1 aromatic heterocycles. The molecule has 1 aliphatic rings. The van der Waals surface area contributed by atoms with Gasteiger partial charge in [0.1, 0.15) is 18.2 Å². The summed E-state index contributed by atoms with van der Waals surface area (Å²) >= 11 is 0. The van der Waals surface area contributed by atoms with Crippen molar-refractivity contribution in [3.8, 4) is 6.07 Å². The minimum Gasteiger partial charge on any atom is -0.369 e. The predicted molar refractivity (Wildman–Crippen MR) is 68.3 cm³/mol. The fraction of sp³-hybridized carbons (Fsp3) is 0.615. The molecule has 0 aliphatic heterocycles. The van der Waals surface area contributed by atoms with Crippen LogP contribution >= 0.6 is 0 Å². The van der Waals surface area contributed by atoms with Gasteiger partial charge in [-0.2, -0.15) is 20.3 Å². The molecule has 1 amide bonds. The summed E-state index contributed by atoms with van der Waals surface area (Å²) < 4.78 is 0. The third kappa shape index (κ3) is 3.11. The molecule has 6 heteroatoms. The van der Waals surface area contributed by atoms with E-state index in [0.717, 1.165) is 25.7 Å². The molecule has 1 saturated carbocycles. The van der Waals surface area contributed by atoms with E-state index in [1.807, 2.05) is 6.07 Å². The molecule has 1 radical (unpaired) electrons. The van der Waals surface area contributed by atoms with Crippen LogP contribution in [0.1, 0.15) is 38.3 Å². The second kappa shape index (κ2) is 5.83. The molecule has 0 aromatic carbocycles. The smallest absolute Gasteiger partial charge is 0.231 e. The Labute approximate surface area is 112 Å². The molecular weight excluding hydrogens is 242 g/mol. The molecule has 0 bridgehead atoms. The third-order valence-electron chi connectivity index (χ3n) is 3.71. The monoisotopic (exact) mass is 260 g/mol. The Morgan fingerprint density at radius 1 is 1.53 bits per heavy atom. The Hall–Kier alpha value is -1.90. The average Bonchev–Trinajstić information content (AvgIpc) is 2.80. The van der Waals surface area contributed by atoms with Gasteiger partial charge < -0.3 is 5.73 Å². The van der Waals surface area contributed by atoms with Crippen LogP contribution < -0.4 is 5.73 Å². The van der Waals surface area contributed by atoms with E-state index in [1.54, 1.807) is 0 Å². The lowest BCUT2D eigenvalue weighted by molar-refractivity contribution is -0.116. The van der Waals surface area contributed by atoms with Gasteiger partial charge in [-0.1, -0.05) is 19.8 Å². The molecule has 1 aliphatic carbocycles. The quantitative estimate of drug-likeness (QED) is 0.874. The summed E-state index contributed by atoms with van der Waals surface area (Å²) in [5.41, 5.74) is 6.02. The van der Waals surface area contributed by atoms with Crippen LogP contribution in [0.3, 0.4) is 0 Å². The van der Waals surface area contributed by atoms with Crippen molar-refractivity contribution in [3.63, 3.8) is 0 Å².